The smallest absolute Gasteiger partial charge is 0.251 e. The van der Waals surface area contributed by atoms with Crippen molar-refractivity contribution >= 4 is 23.1 Å². The van der Waals surface area contributed by atoms with Crippen LogP contribution in [0, 0.1) is 24.1 Å². The third-order valence-electron chi connectivity index (χ3n) is 4.57. The Morgan fingerprint density at radius 3 is 2.93 bits per heavy atom. The highest BCUT2D eigenvalue weighted by Gasteiger charge is 2.38. The molecule has 4 heterocycles. The molecule has 2 aromatic heterocycles. The Balaban J connectivity index is 0.00000102. The number of nitriles is 1. The Hall–Kier alpha value is -2.73. The SMILES string of the molecule is CF.Cc1c(C#N)cnc(OC2CC3CNc4nnc(Cl)cc4N3C2)c1F. The molecule has 2 atom stereocenters. The second-order valence-corrected chi connectivity index (χ2v) is 6.48. The van der Waals surface area contributed by atoms with E-state index in [2.05, 4.69) is 25.4 Å². The van der Waals surface area contributed by atoms with Crippen LogP contribution in [0.3, 0.4) is 0 Å². The van der Waals surface area contributed by atoms with E-state index in [9.17, 15) is 8.78 Å². The maximum Gasteiger partial charge on any atom is 0.251 e. The standard InChI is InChI=1S/C16H14ClFN6O.CH3F/c1-8-9(4-19)5-21-16(14(8)18)25-11-2-10-6-20-15-12(24(10)7-11)3-13(17)22-23-15;1-2/h3,5,10-11H,2,6-7H2,1H3,(H,20,23);1H3. The number of pyridine rings is 1. The zero-order chi connectivity index (χ0) is 19.6. The number of hydrogen-bond donors (Lipinski definition) is 1. The maximum atomic E-state index is 14.4. The molecule has 7 nitrogen and oxygen atoms in total. The van der Waals surface area contributed by atoms with Crippen molar-refractivity contribution in [2.75, 3.05) is 30.5 Å². The Morgan fingerprint density at radius 1 is 1.41 bits per heavy atom. The molecule has 2 aromatic rings. The molecule has 0 spiro atoms. The number of nitrogens with one attached hydrogen (secondary N) is 1. The summed E-state index contributed by atoms with van der Waals surface area (Å²) in [5.41, 5.74) is 1.32. The molecular formula is C17H17ClF2N6O. The first-order valence-electron chi connectivity index (χ1n) is 8.20. The predicted octanol–water partition coefficient (Wildman–Crippen LogP) is 2.88. The van der Waals surface area contributed by atoms with E-state index in [0.717, 1.165) is 5.69 Å². The average Bonchev–Trinajstić information content (AvgIpc) is 3.10. The lowest BCUT2D eigenvalue weighted by atomic mass is 10.1. The number of halogens is 3. The number of nitrogens with zero attached hydrogens (tertiary/aromatic N) is 5. The van der Waals surface area contributed by atoms with E-state index in [0.29, 0.717) is 37.7 Å². The van der Waals surface area contributed by atoms with Crippen LogP contribution < -0.4 is 15.0 Å². The predicted molar refractivity (Wildman–Crippen MR) is 96.4 cm³/mol. The van der Waals surface area contributed by atoms with Gasteiger partial charge in [-0.25, -0.2) is 9.37 Å². The van der Waals surface area contributed by atoms with E-state index in [1.54, 1.807) is 13.0 Å². The third kappa shape index (κ3) is 3.57. The highest BCUT2D eigenvalue weighted by atomic mass is 35.5. The first-order valence-corrected chi connectivity index (χ1v) is 8.58. The minimum Gasteiger partial charge on any atom is -0.470 e. The van der Waals surface area contributed by atoms with Gasteiger partial charge in [0, 0.05) is 30.8 Å². The van der Waals surface area contributed by atoms with Crippen LogP contribution in [-0.4, -0.2) is 47.6 Å². The Kier molecular flexibility index (Phi) is 5.56. The monoisotopic (exact) mass is 394 g/mol. The molecule has 1 fully saturated rings. The van der Waals surface area contributed by atoms with Crippen LogP contribution in [-0.2, 0) is 0 Å². The van der Waals surface area contributed by atoms with E-state index in [1.165, 1.54) is 6.20 Å². The fourth-order valence-electron chi connectivity index (χ4n) is 3.27. The highest BCUT2D eigenvalue weighted by Crippen LogP contribution is 2.36. The molecule has 0 amide bonds. The van der Waals surface area contributed by atoms with Gasteiger partial charge in [-0.15, -0.1) is 10.2 Å². The molecule has 0 radical (unpaired) electrons. The molecule has 2 aliphatic heterocycles. The number of fused-ring (bicyclic) bond motifs is 3. The van der Waals surface area contributed by atoms with Gasteiger partial charge in [0.25, 0.3) is 5.88 Å². The fraction of sp³-hybridized carbons (Fsp3) is 0.412. The van der Waals surface area contributed by atoms with Crippen LogP contribution >= 0.6 is 11.6 Å². The molecule has 1 N–H and O–H groups in total. The number of aromatic nitrogens is 3. The summed E-state index contributed by atoms with van der Waals surface area (Å²) in [5, 5.41) is 20.4. The molecule has 1 saturated heterocycles. The van der Waals surface area contributed by atoms with Crippen molar-refractivity contribution in [3.63, 3.8) is 0 Å². The van der Waals surface area contributed by atoms with Gasteiger partial charge < -0.3 is 15.0 Å². The summed E-state index contributed by atoms with van der Waals surface area (Å²) in [4.78, 5) is 6.10. The summed E-state index contributed by atoms with van der Waals surface area (Å²) < 4.78 is 29.7. The molecule has 0 aromatic carbocycles. The molecular weight excluding hydrogens is 378 g/mol. The van der Waals surface area contributed by atoms with E-state index in [4.69, 9.17) is 21.6 Å². The van der Waals surface area contributed by atoms with Crippen molar-refractivity contribution in [3.05, 3.63) is 34.4 Å². The largest absolute Gasteiger partial charge is 0.470 e. The van der Waals surface area contributed by atoms with E-state index in [-0.39, 0.29) is 29.2 Å². The number of alkyl halides is 1. The summed E-state index contributed by atoms with van der Waals surface area (Å²) in [7, 11) is 0.500. The molecule has 2 aliphatic rings. The van der Waals surface area contributed by atoms with Gasteiger partial charge in [-0.3, -0.25) is 4.39 Å². The maximum absolute atomic E-state index is 14.4. The molecule has 27 heavy (non-hydrogen) atoms. The summed E-state index contributed by atoms with van der Waals surface area (Å²) in [6.45, 7) is 2.81. The molecule has 10 heteroatoms. The lowest BCUT2D eigenvalue weighted by Crippen LogP contribution is -2.40. The van der Waals surface area contributed by atoms with Crippen molar-refractivity contribution in [2.24, 2.45) is 0 Å². The van der Waals surface area contributed by atoms with Gasteiger partial charge in [0.15, 0.2) is 16.8 Å². The van der Waals surface area contributed by atoms with E-state index >= 15 is 0 Å². The first-order chi connectivity index (χ1) is 13.1. The average molecular weight is 395 g/mol. The van der Waals surface area contributed by atoms with Gasteiger partial charge >= 0.3 is 0 Å². The van der Waals surface area contributed by atoms with Gasteiger partial charge in [-0.05, 0) is 6.92 Å². The minimum absolute atomic E-state index is 0.0691. The zero-order valence-electron chi connectivity index (χ0n) is 14.7. The number of rotatable bonds is 2. The van der Waals surface area contributed by atoms with Crippen molar-refractivity contribution in [1.82, 2.24) is 15.2 Å². The number of hydrogen-bond acceptors (Lipinski definition) is 7. The van der Waals surface area contributed by atoms with Crippen LogP contribution in [0.2, 0.25) is 5.15 Å². The molecule has 142 valence electrons. The number of ether oxygens (including phenoxy) is 1. The minimum atomic E-state index is -0.587. The quantitative estimate of drug-likeness (QED) is 0.837. The normalized spacial score (nSPS) is 19.8. The van der Waals surface area contributed by atoms with Gasteiger partial charge in [0.1, 0.15) is 12.2 Å². The van der Waals surface area contributed by atoms with Crippen LogP contribution in [0.1, 0.15) is 17.5 Å². The van der Waals surface area contributed by atoms with Crippen LogP contribution in [0.15, 0.2) is 12.3 Å². The molecule has 0 aliphatic carbocycles. The summed E-state index contributed by atoms with van der Waals surface area (Å²) in [6, 6.07) is 3.87. The van der Waals surface area contributed by atoms with Crippen molar-refractivity contribution in [2.45, 2.75) is 25.5 Å². The molecule has 0 saturated carbocycles. The topological polar surface area (TPSA) is 87.0 Å². The van der Waals surface area contributed by atoms with Crippen molar-refractivity contribution < 1.29 is 13.5 Å². The van der Waals surface area contributed by atoms with Gasteiger partial charge in [0.05, 0.1) is 31.0 Å². The van der Waals surface area contributed by atoms with E-state index < -0.39 is 5.82 Å². The van der Waals surface area contributed by atoms with E-state index in [1.807, 2.05) is 6.07 Å². The Labute approximate surface area is 159 Å². The number of anilines is 2. The lowest BCUT2D eigenvalue weighted by Gasteiger charge is -2.32. The Morgan fingerprint density at radius 2 is 2.19 bits per heavy atom. The Bertz CT molecular complexity index is 890. The molecule has 4 rings (SSSR count). The summed E-state index contributed by atoms with van der Waals surface area (Å²) >= 11 is 5.95. The fourth-order valence-corrected chi connectivity index (χ4v) is 3.42. The first kappa shape index (κ1) is 19.0. The van der Waals surface area contributed by atoms with Gasteiger partial charge in [0.2, 0.25) is 0 Å². The van der Waals surface area contributed by atoms with Crippen molar-refractivity contribution in [1.29, 1.82) is 5.26 Å². The second-order valence-electron chi connectivity index (χ2n) is 6.09. The highest BCUT2D eigenvalue weighted by molar-refractivity contribution is 6.29. The molecule has 2 unspecified atom stereocenters. The second kappa shape index (κ2) is 7.88. The zero-order valence-corrected chi connectivity index (χ0v) is 15.5. The van der Waals surface area contributed by atoms with Gasteiger partial charge in [-0.2, -0.15) is 5.26 Å². The van der Waals surface area contributed by atoms with Crippen LogP contribution in [0.4, 0.5) is 20.3 Å². The summed E-state index contributed by atoms with van der Waals surface area (Å²) in [5.74, 6) is 0.0246. The molecule has 0 bridgehead atoms. The van der Waals surface area contributed by atoms with Crippen LogP contribution in [0.25, 0.3) is 0 Å². The van der Waals surface area contributed by atoms with Crippen molar-refractivity contribution in [3.8, 4) is 11.9 Å². The van der Waals surface area contributed by atoms with Crippen LogP contribution in [0.5, 0.6) is 5.88 Å². The summed E-state index contributed by atoms with van der Waals surface area (Å²) in [6.07, 6.45) is 1.83. The van der Waals surface area contributed by atoms with Gasteiger partial charge in [-0.1, -0.05) is 11.6 Å². The third-order valence-corrected chi connectivity index (χ3v) is 4.75. The lowest BCUT2D eigenvalue weighted by molar-refractivity contribution is 0.201.